The molecule has 2 unspecified atom stereocenters. The van der Waals surface area contributed by atoms with Crippen molar-refractivity contribution in [2.45, 2.75) is 26.4 Å². The first-order chi connectivity index (χ1) is 8.91. The maximum absolute atomic E-state index is 11.2. The van der Waals surface area contributed by atoms with Gasteiger partial charge in [0.25, 0.3) is 0 Å². The Morgan fingerprint density at radius 1 is 1.53 bits per heavy atom. The lowest BCUT2D eigenvalue weighted by Crippen LogP contribution is -2.40. The van der Waals surface area contributed by atoms with Gasteiger partial charge in [-0.3, -0.25) is 14.4 Å². The molecular weight excluding hydrogens is 246 g/mol. The molecule has 1 saturated heterocycles. The van der Waals surface area contributed by atoms with E-state index >= 15 is 0 Å². The monoisotopic (exact) mass is 267 g/mol. The van der Waals surface area contributed by atoms with Crippen LogP contribution < -0.4 is 0 Å². The standard InChI is InChI=1S/C13H21N3O3/c1-8-10(9(2)16(4)14-8)5-15(3)12-7-19-6-11(12)13(17)18/h11-12H,5-7H2,1-4H3,(H,17,18). The van der Waals surface area contributed by atoms with E-state index in [9.17, 15) is 9.90 Å². The Morgan fingerprint density at radius 2 is 2.21 bits per heavy atom. The number of hydrogen-bond donors (Lipinski definition) is 1. The molecule has 19 heavy (non-hydrogen) atoms. The summed E-state index contributed by atoms with van der Waals surface area (Å²) in [5.41, 5.74) is 3.29. The van der Waals surface area contributed by atoms with Crippen molar-refractivity contribution in [1.82, 2.24) is 14.7 Å². The summed E-state index contributed by atoms with van der Waals surface area (Å²) in [7, 11) is 3.87. The molecule has 2 atom stereocenters. The largest absolute Gasteiger partial charge is 0.481 e. The molecule has 0 bridgehead atoms. The molecule has 0 aromatic carbocycles. The van der Waals surface area contributed by atoms with E-state index in [2.05, 4.69) is 10.00 Å². The number of rotatable bonds is 4. The van der Waals surface area contributed by atoms with Gasteiger partial charge in [0, 0.05) is 30.9 Å². The van der Waals surface area contributed by atoms with Gasteiger partial charge < -0.3 is 9.84 Å². The topological polar surface area (TPSA) is 67.6 Å². The van der Waals surface area contributed by atoms with Crippen LogP contribution in [-0.4, -0.2) is 52.1 Å². The van der Waals surface area contributed by atoms with Crippen LogP contribution >= 0.6 is 0 Å². The van der Waals surface area contributed by atoms with Crippen molar-refractivity contribution in [3.63, 3.8) is 0 Å². The van der Waals surface area contributed by atoms with Crippen LogP contribution in [0.15, 0.2) is 0 Å². The molecule has 1 aromatic heterocycles. The quantitative estimate of drug-likeness (QED) is 0.863. The summed E-state index contributed by atoms with van der Waals surface area (Å²) >= 11 is 0. The maximum Gasteiger partial charge on any atom is 0.310 e. The van der Waals surface area contributed by atoms with Crippen LogP contribution in [0.3, 0.4) is 0 Å². The molecule has 1 aromatic rings. The summed E-state index contributed by atoms with van der Waals surface area (Å²) in [5, 5.41) is 13.6. The average Bonchev–Trinajstić information content (AvgIpc) is 2.90. The first-order valence-electron chi connectivity index (χ1n) is 6.41. The van der Waals surface area contributed by atoms with Crippen LogP contribution in [0.2, 0.25) is 0 Å². The Kier molecular flexibility index (Phi) is 3.91. The molecule has 0 amide bonds. The third kappa shape index (κ3) is 2.64. The van der Waals surface area contributed by atoms with Crippen LogP contribution in [-0.2, 0) is 23.1 Å². The van der Waals surface area contributed by atoms with Gasteiger partial charge in [0.2, 0.25) is 0 Å². The van der Waals surface area contributed by atoms with Crippen LogP contribution in [0.25, 0.3) is 0 Å². The van der Waals surface area contributed by atoms with E-state index in [0.29, 0.717) is 19.8 Å². The lowest BCUT2D eigenvalue weighted by Gasteiger charge is -2.26. The highest BCUT2D eigenvalue weighted by Crippen LogP contribution is 2.22. The summed E-state index contributed by atoms with van der Waals surface area (Å²) in [4.78, 5) is 13.2. The highest BCUT2D eigenvalue weighted by molar-refractivity contribution is 5.71. The zero-order valence-electron chi connectivity index (χ0n) is 11.9. The fourth-order valence-electron chi connectivity index (χ4n) is 2.63. The van der Waals surface area contributed by atoms with Gasteiger partial charge in [0.15, 0.2) is 0 Å². The first-order valence-corrected chi connectivity index (χ1v) is 6.41. The van der Waals surface area contributed by atoms with Crippen molar-refractivity contribution in [1.29, 1.82) is 0 Å². The van der Waals surface area contributed by atoms with Gasteiger partial charge in [-0.05, 0) is 20.9 Å². The summed E-state index contributed by atoms with van der Waals surface area (Å²) in [6, 6.07) is -0.0727. The molecule has 1 aliphatic heterocycles. The molecule has 106 valence electrons. The van der Waals surface area contributed by atoms with Crippen LogP contribution in [0.1, 0.15) is 17.0 Å². The highest BCUT2D eigenvalue weighted by Gasteiger charge is 2.36. The van der Waals surface area contributed by atoms with Crippen molar-refractivity contribution < 1.29 is 14.6 Å². The van der Waals surface area contributed by atoms with Gasteiger partial charge in [0.05, 0.1) is 24.8 Å². The third-order valence-corrected chi connectivity index (χ3v) is 4.00. The molecule has 0 aliphatic carbocycles. The molecule has 2 rings (SSSR count). The highest BCUT2D eigenvalue weighted by atomic mass is 16.5. The first kappa shape index (κ1) is 14.0. The van der Waals surface area contributed by atoms with E-state index in [-0.39, 0.29) is 6.04 Å². The Bertz CT molecular complexity index is 484. The summed E-state index contributed by atoms with van der Waals surface area (Å²) in [6.45, 7) is 5.49. The second-order valence-electron chi connectivity index (χ2n) is 5.24. The number of hydrogen-bond acceptors (Lipinski definition) is 4. The Hall–Kier alpha value is -1.40. The molecule has 0 radical (unpaired) electrons. The molecular formula is C13H21N3O3. The molecule has 1 N–H and O–H groups in total. The maximum atomic E-state index is 11.2. The van der Waals surface area contributed by atoms with E-state index in [1.165, 1.54) is 5.56 Å². The SMILES string of the molecule is Cc1nn(C)c(C)c1CN(C)C1COCC1C(=O)O. The van der Waals surface area contributed by atoms with E-state index in [1.54, 1.807) is 0 Å². The van der Waals surface area contributed by atoms with Crippen molar-refractivity contribution >= 4 is 5.97 Å². The minimum Gasteiger partial charge on any atom is -0.481 e. The predicted octanol–water partition coefficient (Wildman–Crippen LogP) is 0.568. The molecule has 0 saturated carbocycles. The van der Waals surface area contributed by atoms with E-state index < -0.39 is 11.9 Å². The number of ether oxygens (including phenoxy) is 1. The molecule has 1 aliphatic rings. The Morgan fingerprint density at radius 3 is 2.74 bits per heavy atom. The van der Waals surface area contributed by atoms with Gasteiger partial charge in [-0.15, -0.1) is 0 Å². The molecule has 6 nitrogen and oxygen atoms in total. The number of carboxylic acid groups (broad SMARTS) is 1. The van der Waals surface area contributed by atoms with Gasteiger partial charge in [-0.2, -0.15) is 5.10 Å². The molecule has 0 spiro atoms. The summed E-state index contributed by atoms with van der Waals surface area (Å²) in [5.74, 6) is -1.23. The number of carboxylic acids is 1. The number of carbonyl (C=O) groups is 1. The van der Waals surface area contributed by atoms with E-state index in [0.717, 1.165) is 11.4 Å². The molecule has 6 heteroatoms. The summed E-state index contributed by atoms with van der Waals surface area (Å²) in [6.07, 6.45) is 0. The van der Waals surface area contributed by atoms with Crippen LogP contribution in [0, 0.1) is 19.8 Å². The zero-order valence-corrected chi connectivity index (χ0v) is 11.9. The molecule has 2 heterocycles. The number of aliphatic carboxylic acids is 1. The second-order valence-corrected chi connectivity index (χ2v) is 5.24. The van der Waals surface area contributed by atoms with Crippen molar-refractivity contribution in [3.8, 4) is 0 Å². The minimum atomic E-state index is -0.783. The normalized spacial score (nSPS) is 23.2. The van der Waals surface area contributed by atoms with Gasteiger partial charge in [-0.1, -0.05) is 0 Å². The number of nitrogens with zero attached hydrogens (tertiary/aromatic N) is 3. The van der Waals surface area contributed by atoms with Crippen LogP contribution in [0.4, 0.5) is 0 Å². The smallest absolute Gasteiger partial charge is 0.310 e. The van der Waals surface area contributed by atoms with Crippen molar-refractivity contribution in [2.75, 3.05) is 20.3 Å². The van der Waals surface area contributed by atoms with E-state index in [4.69, 9.17) is 4.74 Å². The fraction of sp³-hybridized carbons (Fsp3) is 0.692. The number of aromatic nitrogens is 2. The summed E-state index contributed by atoms with van der Waals surface area (Å²) < 4.78 is 7.17. The fourth-order valence-corrected chi connectivity index (χ4v) is 2.63. The third-order valence-electron chi connectivity index (χ3n) is 4.00. The van der Waals surface area contributed by atoms with Crippen molar-refractivity contribution in [2.24, 2.45) is 13.0 Å². The predicted molar refractivity (Wildman–Crippen MR) is 69.9 cm³/mol. The lowest BCUT2D eigenvalue weighted by atomic mass is 10.0. The van der Waals surface area contributed by atoms with Gasteiger partial charge in [-0.25, -0.2) is 0 Å². The molecule has 1 fully saturated rings. The Labute approximate surface area is 113 Å². The Balaban J connectivity index is 2.12. The van der Waals surface area contributed by atoms with Gasteiger partial charge in [0.1, 0.15) is 0 Å². The lowest BCUT2D eigenvalue weighted by molar-refractivity contribution is -0.143. The van der Waals surface area contributed by atoms with E-state index in [1.807, 2.05) is 32.6 Å². The second kappa shape index (κ2) is 5.30. The average molecular weight is 267 g/mol. The zero-order chi connectivity index (χ0) is 14.2. The number of likely N-dealkylation sites (N-methyl/N-ethyl adjacent to an activating group) is 1. The van der Waals surface area contributed by atoms with Gasteiger partial charge >= 0.3 is 5.97 Å². The van der Waals surface area contributed by atoms with Crippen molar-refractivity contribution in [3.05, 3.63) is 17.0 Å². The number of aryl methyl sites for hydroxylation is 2. The minimum absolute atomic E-state index is 0.0727. The van der Waals surface area contributed by atoms with Crippen LogP contribution in [0.5, 0.6) is 0 Å².